The Morgan fingerprint density at radius 2 is 1.37 bits per heavy atom. The van der Waals surface area contributed by atoms with Crippen LogP contribution in [0.25, 0.3) is 0 Å². The summed E-state index contributed by atoms with van der Waals surface area (Å²) in [4.78, 5) is 53.5. The molecule has 1 saturated heterocycles. The van der Waals surface area contributed by atoms with Crippen LogP contribution in [0.4, 0.5) is 0 Å². The predicted octanol–water partition coefficient (Wildman–Crippen LogP) is 3.22. The van der Waals surface area contributed by atoms with E-state index in [2.05, 4.69) is 0 Å². The maximum atomic E-state index is 13.4. The molecule has 0 saturated carbocycles. The zero-order valence-corrected chi connectivity index (χ0v) is 18.9. The summed E-state index contributed by atoms with van der Waals surface area (Å²) < 4.78 is 11.1. The van der Waals surface area contributed by atoms with E-state index in [1.165, 1.54) is 6.92 Å². The molecule has 1 aromatic carbocycles. The van der Waals surface area contributed by atoms with Crippen LogP contribution in [0, 0.1) is 5.92 Å². The smallest absolute Gasteiger partial charge is 0.345 e. The first-order valence-electron chi connectivity index (χ1n) is 9.98. The van der Waals surface area contributed by atoms with Crippen molar-refractivity contribution in [3.63, 3.8) is 0 Å². The topological polar surface area (TPSA) is 90.0 Å². The number of ether oxygens (including phenoxy) is 2. The van der Waals surface area contributed by atoms with Gasteiger partial charge in [-0.3, -0.25) is 9.59 Å². The lowest BCUT2D eigenvalue weighted by Gasteiger charge is -2.55. The van der Waals surface area contributed by atoms with Gasteiger partial charge in [-0.15, -0.1) is 0 Å². The second-order valence-electron chi connectivity index (χ2n) is 9.61. The van der Waals surface area contributed by atoms with E-state index < -0.39 is 52.3 Å². The van der Waals surface area contributed by atoms with Crippen molar-refractivity contribution in [3.8, 4) is 0 Å². The molecule has 2 rings (SSSR count). The second kappa shape index (κ2) is 7.85. The van der Waals surface area contributed by atoms with Crippen molar-refractivity contribution < 1.29 is 28.7 Å². The first-order valence-corrected chi connectivity index (χ1v) is 9.98. The van der Waals surface area contributed by atoms with Crippen LogP contribution in [0.15, 0.2) is 30.3 Å². The standard InChI is InChI=1S/C23H31NO6/c1-14(16-12-10-9-11-13-16)24-18(26)17(15(2)25)23(24,19(27)29-21(3,4)5)20(28)30-22(6,7)8/h9-14,17H,1-8H3/t14-,17-/m0/s1. The Bertz CT molecular complexity index is 819. The number of nitrogens with zero attached hydrogens (tertiary/aromatic N) is 1. The number of carbonyl (C=O) groups is 4. The minimum absolute atomic E-state index is 0.590. The Balaban J connectivity index is 2.68. The van der Waals surface area contributed by atoms with Crippen LogP contribution in [0.1, 0.15) is 67.0 Å². The van der Waals surface area contributed by atoms with Gasteiger partial charge in [0.25, 0.3) is 5.54 Å². The van der Waals surface area contributed by atoms with Crippen molar-refractivity contribution >= 4 is 23.6 Å². The Morgan fingerprint density at radius 3 is 1.73 bits per heavy atom. The summed E-state index contributed by atoms with van der Waals surface area (Å²) in [6.45, 7) is 12.8. The number of benzene rings is 1. The van der Waals surface area contributed by atoms with Crippen molar-refractivity contribution in [2.75, 3.05) is 0 Å². The number of ketones is 1. The van der Waals surface area contributed by atoms with Gasteiger partial charge in [-0.05, 0) is 61.0 Å². The third-order valence-corrected chi connectivity index (χ3v) is 4.78. The van der Waals surface area contributed by atoms with Crippen molar-refractivity contribution in [1.29, 1.82) is 0 Å². The van der Waals surface area contributed by atoms with E-state index in [0.717, 1.165) is 4.90 Å². The molecule has 1 aliphatic rings. The van der Waals surface area contributed by atoms with Gasteiger partial charge in [-0.1, -0.05) is 30.3 Å². The molecule has 1 amide bonds. The SMILES string of the molecule is CC(=O)[C@H]1C(=O)N([C@@H](C)c2ccccc2)C1(C(=O)OC(C)(C)C)C(=O)OC(C)(C)C. The number of esters is 2. The summed E-state index contributed by atoms with van der Waals surface area (Å²) in [5, 5.41) is 0. The summed E-state index contributed by atoms with van der Waals surface area (Å²) in [5.74, 6) is -4.61. The highest BCUT2D eigenvalue weighted by atomic mass is 16.6. The van der Waals surface area contributed by atoms with Crippen molar-refractivity contribution in [1.82, 2.24) is 4.90 Å². The molecule has 0 unspecified atom stereocenters. The molecule has 0 spiro atoms. The minimum Gasteiger partial charge on any atom is -0.458 e. The molecule has 1 aromatic rings. The Hall–Kier alpha value is -2.70. The fraction of sp³-hybridized carbons (Fsp3) is 0.565. The molecule has 7 heteroatoms. The third-order valence-electron chi connectivity index (χ3n) is 4.78. The zero-order valence-electron chi connectivity index (χ0n) is 18.9. The van der Waals surface area contributed by atoms with Crippen molar-refractivity contribution in [2.45, 2.75) is 78.2 Å². The van der Waals surface area contributed by atoms with E-state index in [0.29, 0.717) is 5.56 Å². The van der Waals surface area contributed by atoms with E-state index in [-0.39, 0.29) is 0 Å². The lowest BCUT2D eigenvalue weighted by Crippen LogP contribution is -2.81. The van der Waals surface area contributed by atoms with Gasteiger partial charge in [-0.25, -0.2) is 9.59 Å². The Kier molecular flexibility index (Phi) is 6.17. The van der Waals surface area contributed by atoms with Gasteiger partial charge in [0.15, 0.2) is 0 Å². The molecule has 1 heterocycles. The summed E-state index contributed by atoms with van der Waals surface area (Å²) in [5.41, 5.74) is -3.34. The summed E-state index contributed by atoms with van der Waals surface area (Å²) in [6.07, 6.45) is 0. The minimum atomic E-state index is -2.18. The summed E-state index contributed by atoms with van der Waals surface area (Å²) in [6, 6.07) is 8.32. The number of likely N-dealkylation sites (tertiary alicyclic amines) is 1. The molecule has 0 bridgehead atoms. The number of amides is 1. The van der Waals surface area contributed by atoms with Gasteiger partial charge in [0.05, 0.1) is 6.04 Å². The molecule has 1 aliphatic heterocycles. The fourth-order valence-corrected chi connectivity index (χ4v) is 3.64. The number of carbonyl (C=O) groups excluding carboxylic acids is 4. The average molecular weight is 418 g/mol. The molecule has 0 radical (unpaired) electrons. The average Bonchev–Trinajstić information content (AvgIpc) is 2.56. The molecule has 164 valence electrons. The van der Waals surface area contributed by atoms with Gasteiger partial charge in [0.1, 0.15) is 22.9 Å². The Morgan fingerprint density at radius 1 is 0.933 bits per heavy atom. The van der Waals surface area contributed by atoms with E-state index in [9.17, 15) is 19.2 Å². The van der Waals surface area contributed by atoms with E-state index in [1.54, 1.807) is 72.7 Å². The van der Waals surface area contributed by atoms with Crippen LogP contribution < -0.4 is 0 Å². The molecule has 0 aliphatic carbocycles. The number of rotatable bonds is 5. The largest absolute Gasteiger partial charge is 0.458 e. The number of Topliss-reactive ketones (excluding diaryl/α,β-unsaturated/α-hetero) is 1. The molecule has 2 atom stereocenters. The normalized spacial score (nSPS) is 19.5. The zero-order chi connectivity index (χ0) is 23.1. The van der Waals surface area contributed by atoms with Crippen LogP contribution in [-0.4, -0.2) is 45.3 Å². The summed E-state index contributed by atoms with van der Waals surface area (Å²) >= 11 is 0. The number of hydrogen-bond donors (Lipinski definition) is 0. The molecule has 1 fully saturated rings. The quantitative estimate of drug-likeness (QED) is 0.415. The van der Waals surface area contributed by atoms with Crippen molar-refractivity contribution in [3.05, 3.63) is 35.9 Å². The molecular formula is C23H31NO6. The molecule has 7 nitrogen and oxygen atoms in total. The lowest BCUT2D eigenvalue weighted by molar-refractivity contribution is -0.216. The highest BCUT2D eigenvalue weighted by Crippen LogP contribution is 2.47. The van der Waals surface area contributed by atoms with Crippen LogP contribution >= 0.6 is 0 Å². The van der Waals surface area contributed by atoms with Gasteiger partial charge in [0.2, 0.25) is 5.91 Å². The molecule has 0 N–H and O–H groups in total. The van der Waals surface area contributed by atoms with E-state index in [4.69, 9.17) is 9.47 Å². The molecular weight excluding hydrogens is 386 g/mol. The van der Waals surface area contributed by atoms with Crippen molar-refractivity contribution in [2.24, 2.45) is 5.92 Å². The highest BCUT2D eigenvalue weighted by molar-refractivity contribution is 6.24. The van der Waals surface area contributed by atoms with Crippen LogP contribution in [-0.2, 0) is 28.7 Å². The maximum absolute atomic E-state index is 13.4. The second-order valence-corrected chi connectivity index (χ2v) is 9.61. The van der Waals surface area contributed by atoms with Crippen LogP contribution in [0.5, 0.6) is 0 Å². The Labute approximate surface area is 177 Å². The van der Waals surface area contributed by atoms with Gasteiger partial charge < -0.3 is 14.4 Å². The van der Waals surface area contributed by atoms with Crippen LogP contribution in [0.2, 0.25) is 0 Å². The van der Waals surface area contributed by atoms with E-state index in [1.807, 2.05) is 6.07 Å². The first-order chi connectivity index (χ1) is 13.6. The van der Waals surface area contributed by atoms with Gasteiger partial charge in [0, 0.05) is 0 Å². The molecule has 0 aromatic heterocycles. The predicted molar refractivity (Wildman–Crippen MR) is 110 cm³/mol. The maximum Gasteiger partial charge on any atom is 0.345 e. The number of β-lactam (4-membered cyclic amide) rings is 1. The van der Waals surface area contributed by atoms with Crippen LogP contribution in [0.3, 0.4) is 0 Å². The monoisotopic (exact) mass is 417 g/mol. The third kappa shape index (κ3) is 4.25. The number of hydrogen-bond acceptors (Lipinski definition) is 6. The molecule has 30 heavy (non-hydrogen) atoms. The first kappa shape index (κ1) is 23.6. The van der Waals surface area contributed by atoms with Gasteiger partial charge >= 0.3 is 11.9 Å². The van der Waals surface area contributed by atoms with E-state index >= 15 is 0 Å². The lowest BCUT2D eigenvalue weighted by atomic mass is 9.69. The van der Waals surface area contributed by atoms with Gasteiger partial charge in [-0.2, -0.15) is 0 Å². The fourth-order valence-electron chi connectivity index (χ4n) is 3.64. The summed E-state index contributed by atoms with van der Waals surface area (Å²) in [7, 11) is 0. The highest BCUT2D eigenvalue weighted by Gasteiger charge is 2.75.